The van der Waals surface area contributed by atoms with Crippen molar-refractivity contribution in [2.24, 2.45) is 5.84 Å². The van der Waals surface area contributed by atoms with Gasteiger partial charge < -0.3 is 0 Å². The van der Waals surface area contributed by atoms with Gasteiger partial charge in [0.1, 0.15) is 0 Å². The Labute approximate surface area is 66.3 Å². The zero-order chi connectivity index (χ0) is 9.07. The van der Waals surface area contributed by atoms with Crippen LogP contribution in [0.2, 0.25) is 0 Å². The zero-order valence-electron chi connectivity index (χ0n) is 7.27. The quantitative estimate of drug-likeness (QED) is 0.554. The maximum atomic E-state index is 12.3. The van der Waals surface area contributed by atoms with Gasteiger partial charge >= 0.3 is 0 Å². The molecule has 0 saturated carbocycles. The highest BCUT2D eigenvalue weighted by molar-refractivity contribution is 4.84. The Morgan fingerprint density at radius 1 is 1.45 bits per heavy atom. The molecule has 0 aromatic rings. The molecule has 4 heteroatoms. The van der Waals surface area contributed by atoms with Crippen molar-refractivity contribution in [1.82, 2.24) is 5.01 Å². The van der Waals surface area contributed by atoms with E-state index in [4.69, 9.17) is 5.84 Å². The van der Waals surface area contributed by atoms with Crippen molar-refractivity contribution in [1.29, 1.82) is 0 Å². The molecule has 1 unspecified atom stereocenters. The summed E-state index contributed by atoms with van der Waals surface area (Å²) in [6.07, 6.45) is -0.108. The number of nitrogens with two attached hydrogens (primary N) is 1. The second-order valence-corrected chi connectivity index (χ2v) is 2.58. The molecule has 11 heavy (non-hydrogen) atoms. The normalized spacial score (nSPS) is 29.5. The van der Waals surface area contributed by atoms with E-state index in [0.29, 0.717) is 0 Å². The van der Waals surface area contributed by atoms with Gasteiger partial charge in [-0.05, 0) is 6.92 Å². The third-order valence-corrected chi connectivity index (χ3v) is 1.57. The molecule has 1 aliphatic rings. The number of hydrazine groups is 1. The number of alkyl halides is 2. The summed E-state index contributed by atoms with van der Waals surface area (Å²) in [7, 11) is 0. The SMILES string of the molecule is CC.CC1CC(F)(F)CN1N. The highest BCUT2D eigenvalue weighted by Crippen LogP contribution is 2.28. The monoisotopic (exact) mass is 166 g/mol. The molecule has 0 bridgehead atoms. The van der Waals surface area contributed by atoms with Crippen LogP contribution in [-0.2, 0) is 0 Å². The van der Waals surface area contributed by atoms with Gasteiger partial charge in [0.25, 0.3) is 5.92 Å². The van der Waals surface area contributed by atoms with E-state index in [1.54, 1.807) is 6.92 Å². The highest BCUT2D eigenvalue weighted by Gasteiger charge is 2.41. The van der Waals surface area contributed by atoms with Gasteiger partial charge in [-0.3, -0.25) is 5.84 Å². The highest BCUT2D eigenvalue weighted by atomic mass is 19.3. The summed E-state index contributed by atoms with van der Waals surface area (Å²) in [4.78, 5) is 0. The molecule has 0 aromatic carbocycles. The first-order chi connectivity index (χ1) is 5.01. The molecule has 0 amide bonds. The third-order valence-electron chi connectivity index (χ3n) is 1.57. The molecule has 1 aliphatic heterocycles. The van der Waals surface area contributed by atoms with Crippen LogP contribution in [0.15, 0.2) is 0 Å². The van der Waals surface area contributed by atoms with Gasteiger partial charge in [-0.1, -0.05) is 13.8 Å². The van der Waals surface area contributed by atoms with Gasteiger partial charge in [-0.2, -0.15) is 0 Å². The van der Waals surface area contributed by atoms with Crippen LogP contribution in [-0.4, -0.2) is 23.5 Å². The van der Waals surface area contributed by atoms with E-state index in [1.165, 1.54) is 5.01 Å². The fourth-order valence-electron chi connectivity index (χ4n) is 1.04. The fourth-order valence-corrected chi connectivity index (χ4v) is 1.04. The molecule has 0 radical (unpaired) electrons. The minimum atomic E-state index is -2.56. The second kappa shape index (κ2) is 3.97. The van der Waals surface area contributed by atoms with E-state index in [9.17, 15) is 8.78 Å². The lowest BCUT2D eigenvalue weighted by atomic mass is 10.2. The van der Waals surface area contributed by atoms with Crippen molar-refractivity contribution in [3.8, 4) is 0 Å². The largest absolute Gasteiger partial charge is 0.268 e. The molecule has 1 saturated heterocycles. The van der Waals surface area contributed by atoms with Gasteiger partial charge in [-0.15, -0.1) is 0 Å². The third kappa shape index (κ3) is 3.12. The number of halogens is 2. The predicted octanol–water partition coefficient (Wildman–Crippen LogP) is 1.62. The summed E-state index contributed by atoms with van der Waals surface area (Å²) in [5.74, 6) is 2.65. The smallest absolute Gasteiger partial charge is 0.263 e. The average molecular weight is 166 g/mol. The average Bonchev–Trinajstić information content (AvgIpc) is 2.10. The molecule has 1 atom stereocenters. The van der Waals surface area contributed by atoms with Crippen molar-refractivity contribution < 1.29 is 8.78 Å². The topological polar surface area (TPSA) is 29.3 Å². The van der Waals surface area contributed by atoms with E-state index < -0.39 is 5.92 Å². The van der Waals surface area contributed by atoms with Crippen molar-refractivity contribution in [3.63, 3.8) is 0 Å². The zero-order valence-corrected chi connectivity index (χ0v) is 7.27. The van der Waals surface area contributed by atoms with Crippen molar-refractivity contribution in [2.75, 3.05) is 6.54 Å². The lowest BCUT2D eigenvalue weighted by Gasteiger charge is -2.11. The van der Waals surface area contributed by atoms with E-state index in [0.717, 1.165) is 0 Å². The first kappa shape index (κ1) is 10.8. The van der Waals surface area contributed by atoms with Gasteiger partial charge in [-0.25, -0.2) is 13.8 Å². The molecule has 68 valence electrons. The lowest BCUT2D eigenvalue weighted by molar-refractivity contribution is 0.0120. The molecule has 1 rings (SSSR count). The number of rotatable bonds is 0. The first-order valence-corrected chi connectivity index (χ1v) is 3.90. The summed E-state index contributed by atoms with van der Waals surface area (Å²) >= 11 is 0. The summed E-state index contributed by atoms with van der Waals surface area (Å²) in [6.45, 7) is 5.40. The maximum absolute atomic E-state index is 12.3. The minimum Gasteiger partial charge on any atom is -0.268 e. The Kier molecular flexibility index (Phi) is 3.89. The molecule has 2 nitrogen and oxygen atoms in total. The van der Waals surface area contributed by atoms with Crippen LogP contribution in [0.1, 0.15) is 27.2 Å². The van der Waals surface area contributed by atoms with Crippen molar-refractivity contribution in [2.45, 2.75) is 39.2 Å². The predicted molar refractivity (Wildman–Crippen MR) is 41.3 cm³/mol. The molecule has 0 aliphatic carbocycles. The summed E-state index contributed by atoms with van der Waals surface area (Å²) in [6, 6.07) is -0.181. The molecule has 0 spiro atoms. The molecule has 0 aromatic heterocycles. The summed E-state index contributed by atoms with van der Waals surface area (Å²) in [5, 5.41) is 1.18. The summed E-state index contributed by atoms with van der Waals surface area (Å²) in [5.41, 5.74) is 0. The van der Waals surface area contributed by atoms with E-state index >= 15 is 0 Å². The van der Waals surface area contributed by atoms with Crippen LogP contribution in [0.5, 0.6) is 0 Å². The number of hydrogen-bond donors (Lipinski definition) is 1. The van der Waals surface area contributed by atoms with Gasteiger partial charge in [0.15, 0.2) is 0 Å². The Bertz CT molecular complexity index is 105. The van der Waals surface area contributed by atoms with E-state index in [-0.39, 0.29) is 19.0 Å². The minimum absolute atomic E-state index is 0.108. The van der Waals surface area contributed by atoms with Crippen LogP contribution in [0, 0.1) is 0 Å². The molecule has 1 heterocycles. The van der Waals surface area contributed by atoms with Crippen LogP contribution >= 0.6 is 0 Å². The Hall–Kier alpha value is -0.220. The van der Waals surface area contributed by atoms with Crippen LogP contribution < -0.4 is 5.84 Å². The molecule has 2 N–H and O–H groups in total. The number of hydrogen-bond acceptors (Lipinski definition) is 2. The van der Waals surface area contributed by atoms with Gasteiger partial charge in [0, 0.05) is 12.5 Å². The van der Waals surface area contributed by atoms with Gasteiger partial charge in [0.05, 0.1) is 6.54 Å². The number of nitrogens with zero attached hydrogens (tertiary/aromatic N) is 1. The summed E-state index contributed by atoms with van der Waals surface area (Å²) < 4.78 is 24.6. The van der Waals surface area contributed by atoms with Crippen molar-refractivity contribution in [3.05, 3.63) is 0 Å². The van der Waals surface area contributed by atoms with Crippen molar-refractivity contribution >= 4 is 0 Å². The fraction of sp³-hybridized carbons (Fsp3) is 1.00. The van der Waals surface area contributed by atoms with E-state index in [1.807, 2.05) is 13.8 Å². The van der Waals surface area contributed by atoms with E-state index in [2.05, 4.69) is 0 Å². The second-order valence-electron chi connectivity index (χ2n) is 2.58. The van der Waals surface area contributed by atoms with Gasteiger partial charge in [0.2, 0.25) is 0 Å². The Morgan fingerprint density at radius 2 is 1.91 bits per heavy atom. The first-order valence-electron chi connectivity index (χ1n) is 3.90. The van der Waals surface area contributed by atoms with Crippen LogP contribution in [0.25, 0.3) is 0 Å². The van der Waals surface area contributed by atoms with Crippen LogP contribution in [0.3, 0.4) is 0 Å². The molecule has 1 fully saturated rings. The molecular weight excluding hydrogens is 150 g/mol. The van der Waals surface area contributed by atoms with Crippen LogP contribution in [0.4, 0.5) is 8.78 Å². The standard InChI is InChI=1S/C5H10F2N2.C2H6/c1-4-2-5(6,7)3-9(4)8;1-2/h4H,2-3,8H2,1H3;1-2H3. The lowest BCUT2D eigenvalue weighted by Crippen LogP contribution is -2.35. The maximum Gasteiger partial charge on any atom is 0.263 e. The Morgan fingerprint density at radius 3 is 2.00 bits per heavy atom. The molecular formula is C7H16F2N2. The Balaban J connectivity index is 0.000000461.